The molecule has 0 aliphatic rings. The maximum absolute atomic E-state index is 13.1. The molecule has 2 aromatic carbocycles. The van der Waals surface area contributed by atoms with E-state index >= 15 is 0 Å². The summed E-state index contributed by atoms with van der Waals surface area (Å²) in [6.07, 6.45) is 1.31. The minimum absolute atomic E-state index is 0.261. The van der Waals surface area contributed by atoms with Crippen LogP contribution in [-0.2, 0) is 20.9 Å². The lowest BCUT2D eigenvalue weighted by Gasteiger charge is -2.14. The second-order valence-electron chi connectivity index (χ2n) is 7.11. The van der Waals surface area contributed by atoms with Gasteiger partial charge in [-0.1, -0.05) is 23.4 Å². The summed E-state index contributed by atoms with van der Waals surface area (Å²) in [5.74, 6) is -0.507. The third kappa shape index (κ3) is 5.97. The van der Waals surface area contributed by atoms with Gasteiger partial charge in [0, 0.05) is 11.6 Å². The van der Waals surface area contributed by atoms with E-state index in [1.165, 1.54) is 25.3 Å². The fourth-order valence-electron chi connectivity index (χ4n) is 3.01. The molecule has 33 heavy (non-hydrogen) atoms. The fraction of sp³-hybridized carbons (Fsp3) is 0.208. The molecule has 1 unspecified atom stereocenters. The van der Waals surface area contributed by atoms with Crippen LogP contribution in [0.25, 0.3) is 6.08 Å². The predicted octanol–water partition coefficient (Wildman–Crippen LogP) is 3.80. The highest BCUT2D eigenvalue weighted by molar-refractivity contribution is 5.90. The van der Waals surface area contributed by atoms with Crippen LogP contribution in [0.1, 0.15) is 34.2 Å². The quantitative estimate of drug-likeness (QED) is 0.386. The monoisotopic (exact) mass is 454 g/mol. The number of amides is 1. The van der Waals surface area contributed by atoms with Crippen molar-refractivity contribution in [3.05, 3.63) is 82.5 Å². The molecular formula is C24H23FN2O6. The number of nitrogens with zero attached hydrogens (tertiary/aromatic N) is 1. The Morgan fingerprint density at radius 1 is 1.15 bits per heavy atom. The van der Waals surface area contributed by atoms with Crippen LogP contribution < -0.4 is 15.2 Å². The number of nitrogens with two attached hydrogens (primary N) is 1. The highest BCUT2D eigenvalue weighted by atomic mass is 19.1. The van der Waals surface area contributed by atoms with Gasteiger partial charge < -0.3 is 24.5 Å². The molecule has 172 valence electrons. The van der Waals surface area contributed by atoms with Crippen molar-refractivity contribution in [2.75, 3.05) is 7.11 Å². The smallest absolute Gasteiger partial charge is 0.331 e. The van der Waals surface area contributed by atoms with E-state index in [2.05, 4.69) is 5.16 Å². The van der Waals surface area contributed by atoms with E-state index in [-0.39, 0.29) is 12.2 Å². The van der Waals surface area contributed by atoms with E-state index in [0.29, 0.717) is 22.8 Å². The molecular weight excluding hydrogens is 431 g/mol. The summed E-state index contributed by atoms with van der Waals surface area (Å²) in [5.41, 5.74) is 7.83. The fourth-order valence-corrected chi connectivity index (χ4v) is 3.01. The van der Waals surface area contributed by atoms with Gasteiger partial charge in [0.05, 0.1) is 18.4 Å². The lowest BCUT2D eigenvalue weighted by molar-refractivity contribution is -0.150. The first-order valence-corrected chi connectivity index (χ1v) is 9.94. The Labute approximate surface area is 189 Å². The number of carbonyl (C=O) groups is 2. The third-order valence-corrected chi connectivity index (χ3v) is 4.82. The molecule has 1 heterocycles. The Morgan fingerprint density at radius 3 is 2.48 bits per heavy atom. The van der Waals surface area contributed by atoms with Crippen molar-refractivity contribution >= 4 is 18.0 Å². The van der Waals surface area contributed by atoms with Crippen LogP contribution in [0.5, 0.6) is 11.5 Å². The summed E-state index contributed by atoms with van der Waals surface area (Å²) in [7, 11) is 1.50. The van der Waals surface area contributed by atoms with Gasteiger partial charge in [-0.3, -0.25) is 4.79 Å². The van der Waals surface area contributed by atoms with Crippen LogP contribution in [0, 0.1) is 19.7 Å². The number of methoxy groups -OCH3 is 1. The number of rotatable bonds is 9. The van der Waals surface area contributed by atoms with Gasteiger partial charge in [-0.25, -0.2) is 9.18 Å². The number of halogens is 1. The molecule has 0 saturated heterocycles. The normalized spacial score (nSPS) is 11.9. The number of aryl methyl sites for hydroxylation is 2. The molecule has 3 rings (SSSR count). The second kappa shape index (κ2) is 10.4. The van der Waals surface area contributed by atoms with Crippen molar-refractivity contribution < 1.29 is 32.7 Å². The molecule has 3 aromatic rings. The predicted molar refractivity (Wildman–Crippen MR) is 117 cm³/mol. The van der Waals surface area contributed by atoms with Gasteiger partial charge >= 0.3 is 5.97 Å². The molecule has 0 radical (unpaired) electrons. The Kier molecular flexibility index (Phi) is 7.45. The van der Waals surface area contributed by atoms with E-state index in [1.807, 2.05) is 13.8 Å². The highest BCUT2D eigenvalue weighted by Gasteiger charge is 2.21. The number of aromatic nitrogens is 1. The first-order valence-electron chi connectivity index (χ1n) is 9.94. The summed E-state index contributed by atoms with van der Waals surface area (Å²) in [6.45, 7) is 3.90. The molecule has 1 aromatic heterocycles. The number of benzene rings is 2. The first kappa shape index (κ1) is 23.5. The zero-order chi connectivity index (χ0) is 24.0. The highest BCUT2D eigenvalue weighted by Crippen LogP contribution is 2.30. The van der Waals surface area contributed by atoms with Gasteiger partial charge in [-0.2, -0.15) is 0 Å². The standard InChI is InChI=1S/C24H23FN2O6/c1-14-19(15(2)33-27-14)13-31-20-10-4-16(12-21(20)30-3)5-11-22(28)32-23(24(26)29)17-6-8-18(25)9-7-17/h4-12,23H,13H2,1-3H3,(H2,26,29)/b11-5+. The van der Waals surface area contributed by atoms with E-state index < -0.39 is 23.8 Å². The average Bonchev–Trinajstić information content (AvgIpc) is 3.12. The summed E-state index contributed by atoms with van der Waals surface area (Å²) in [6, 6.07) is 10.1. The van der Waals surface area contributed by atoms with Gasteiger partial charge in [0.1, 0.15) is 18.2 Å². The second-order valence-corrected chi connectivity index (χ2v) is 7.11. The lowest BCUT2D eigenvalue weighted by atomic mass is 10.1. The van der Waals surface area contributed by atoms with Crippen LogP contribution in [0.4, 0.5) is 4.39 Å². The van der Waals surface area contributed by atoms with E-state index in [9.17, 15) is 14.0 Å². The summed E-state index contributed by atoms with van der Waals surface area (Å²) in [5, 5.41) is 3.90. The maximum Gasteiger partial charge on any atom is 0.331 e. The van der Waals surface area contributed by atoms with Gasteiger partial charge in [-0.05, 0) is 49.8 Å². The zero-order valence-corrected chi connectivity index (χ0v) is 18.3. The summed E-state index contributed by atoms with van der Waals surface area (Å²) >= 11 is 0. The molecule has 0 fully saturated rings. The SMILES string of the molecule is COc1cc(/C=C/C(=O)OC(C(N)=O)c2ccc(F)cc2)ccc1OCc1c(C)noc1C. The number of carbonyl (C=O) groups excluding carboxylic acids is 2. The average molecular weight is 454 g/mol. The zero-order valence-electron chi connectivity index (χ0n) is 18.3. The van der Waals surface area contributed by atoms with Crippen LogP contribution in [0.15, 0.2) is 53.1 Å². The van der Waals surface area contributed by atoms with Gasteiger partial charge in [-0.15, -0.1) is 0 Å². The molecule has 0 spiro atoms. The molecule has 0 aliphatic heterocycles. The summed E-state index contributed by atoms with van der Waals surface area (Å²) < 4.78 is 34.6. The number of esters is 1. The van der Waals surface area contributed by atoms with Crippen molar-refractivity contribution in [1.29, 1.82) is 0 Å². The molecule has 2 N–H and O–H groups in total. The molecule has 0 aliphatic carbocycles. The van der Waals surface area contributed by atoms with Crippen molar-refractivity contribution in [2.24, 2.45) is 5.73 Å². The minimum atomic E-state index is -1.34. The number of primary amides is 1. The van der Waals surface area contributed by atoms with Crippen molar-refractivity contribution in [2.45, 2.75) is 26.6 Å². The van der Waals surface area contributed by atoms with Crippen LogP contribution in [0.3, 0.4) is 0 Å². The van der Waals surface area contributed by atoms with E-state index in [0.717, 1.165) is 29.5 Å². The first-order chi connectivity index (χ1) is 15.8. The lowest BCUT2D eigenvalue weighted by Crippen LogP contribution is -2.25. The molecule has 1 atom stereocenters. The number of hydrogen-bond acceptors (Lipinski definition) is 7. The minimum Gasteiger partial charge on any atom is -0.493 e. The number of hydrogen-bond donors (Lipinski definition) is 1. The van der Waals surface area contributed by atoms with Crippen LogP contribution in [-0.4, -0.2) is 24.1 Å². The molecule has 1 amide bonds. The summed E-state index contributed by atoms with van der Waals surface area (Å²) in [4.78, 5) is 23.9. The number of ether oxygens (including phenoxy) is 3. The third-order valence-electron chi connectivity index (χ3n) is 4.82. The molecule has 9 heteroatoms. The Morgan fingerprint density at radius 2 is 1.88 bits per heavy atom. The Balaban J connectivity index is 1.67. The van der Waals surface area contributed by atoms with Crippen LogP contribution >= 0.6 is 0 Å². The van der Waals surface area contributed by atoms with Crippen molar-refractivity contribution in [3.8, 4) is 11.5 Å². The Hall–Kier alpha value is -4.14. The van der Waals surface area contributed by atoms with Gasteiger partial charge in [0.15, 0.2) is 11.5 Å². The van der Waals surface area contributed by atoms with Crippen LogP contribution in [0.2, 0.25) is 0 Å². The molecule has 8 nitrogen and oxygen atoms in total. The van der Waals surface area contributed by atoms with Crippen molar-refractivity contribution in [3.63, 3.8) is 0 Å². The molecule has 0 saturated carbocycles. The van der Waals surface area contributed by atoms with Gasteiger partial charge in [0.2, 0.25) is 6.10 Å². The van der Waals surface area contributed by atoms with E-state index in [4.69, 9.17) is 24.5 Å². The maximum atomic E-state index is 13.1. The van der Waals surface area contributed by atoms with Crippen molar-refractivity contribution in [1.82, 2.24) is 5.16 Å². The largest absolute Gasteiger partial charge is 0.493 e. The molecule has 0 bridgehead atoms. The Bertz CT molecular complexity index is 1150. The van der Waals surface area contributed by atoms with Gasteiger partial charge in [0.25, 0.3) is 5.91 Å². The topological polar surface area (TPSA) is 114 Å². The van der Waals surface area contributed by atoms with E-state index in [1.54, 1.807) is 18.2 Å².